The van der Waals surface area contributed by atoms with Crippen LogP contribution in [0.15, 0.2) is 52.5 Å². The molecule has 0 amide bonds. The van der Waals surface area contributed by atoms with Gasteiger partial charge in [0.2, 0.25) is 10.0 Å². The SMILES string of the molecule is COC(=O)[C@@H](C)Sc1nnc(-c2cccc(S(=O)(=O)N(C)C)c2)n1-c1c(C)cccc1C. The lowest BCUT2D eigenvalue weighted by molar-refractivity contribution is -0.139. The average Bonchev–Trinajstić information content (AvgIpc) is 3.16. The summed E-state index contributed by atoms with van der Waals surface area (Å²) in [5.41, 5.74) is 3.47. The van der Waals surface area contributed by atoms with Crippen molar-refractivity contribution in [2.75, 3.05) is 21.2 Å². The maximum absolute atomic E-state index is 12.7. The third-order valence-electron chi connectivity index (χ3n) is 4.98. The minimum Gasteiger partial charge on any atom is -0.468 e. The van der Waals surface area contributed by atoms with E-state index in [2.05, 4.69) is 10.2 Å². The smallest absolute Gasteiger partial charge is 0.318 e. The normalized spacial score (nSPS) is 12.7. The Bertz CT molecular complexity index is 1230. The fourth-order valence-corrected chi connectivity index (χ4v) is 5.10. The molecule has 0 radical (unpaired) electrons. The highest BCUT2D eigenvalue weighted by Crippen LogP contribution is 2.33. The molecule has 8 nitrogen and oxygen atoms in total. The first-order valence-electron chi connectivity index (χ1n) is 9.87. The molecule has 3 rings (SSSR count). The topological polar surface area (TPSA) is 94.4 Å². The Kier molecular flexibility index (Phi) is 7.06. The zero-order chi connectivity index (χ0) is 23.6. The van der Waals surface area contributed by atoms with Crippen molar-refractivity contribution < 1.29 is 17.9 Å². The van der Waals surface area contributed by atoms with E-state index in [1.165, 1.54) is 37.3 Å². The Hall–Kier alpha value is -2.69. The second-order valence-electron chi connectivity index (χ2n) is 7.48. The Morgan fingerprint density at radius 3 is 2.31 bits per heavy atom. The van der Waals surface area contributed by atoms with E-state index in [1.807, 2.05) is 36.6 Å². The molecule has 0 spiro atoms. The summed E-state index contributed by atoms with van der Waals surface area (Å²) in [6.45, 7) is 5.71. The summed E-state index contributed by atoms with van der Waals surface area (Å²) in [6, 6.07) is 12.5. The molecule has 0 aliphatic carbocycles. The third-order valence-corrected chi connectivity index (χ3v) is 7.81. The van der Waals surface area contributed by atoms with E-state index in [0.717, 1.165) is 16.8 Å². The van der Waals surface area contributed by atoms with Gasteiger partial charge in [0.1, 0.15) is 5.25 Å². The van der Waals surface area contributed by atoms with Crippen LogP contribution in [0.2, 0.25) is 0 Å². The summed E-state index contributed by atoms with van der Waals surface area (Å²) in [5.74, 6) is 0.115. The van der Waals surface area contributed by atoms with Crippen molar-refractivity contribution in [2.24, 2.45) is 0 Å². The molecule has 0 aliphatic rings. The van der Waals surface area contributed by atoms with Crippen LogP contribution in [0.1, 0.15) is 18.1 Å². The van der Waals surface area contributed by atoms with Gasteiger partial charge in [0.25, 0.3) is 0 Å². The van der Waals surface area contributed by atoms with Crippen molar-refractivity contribution in [2.45, 2.75) is 36.1 Å². The van der Waals surface area contributed by atoms with Crippen LogP contribution in [-0.4, -0.2) is 59.9 Å². The molecule has 170 valence electrons. The van der Waals surface area contributed by atoms with Crippen molar-refractivity contribution in [1.29, 1.82) is 0 Å². The molecule has 1 aromatic heterocycles. The number of hydrogen-bond acceptors (Lipinski definition) is 7. The van der Waals surface area contributed by atoms with Crippen LogP contribution in [-0.2, 0) is 19.6 Å². The van der Waals surface area contributed by atoms with E-state index >= 15 is 0 Å². The van der Waals surface area contributed by atoms with Crippen LogP contribution in [0.3, 0.4) is 0 Å². The fraction of sp³-hybridized carbons (Fsp3) is 0.318. The highest BCUT2D eigenvalue weighted by atomic mass is 32.2. The lowest BCUT2D eigenvalue weighted by Crippen LogP contribution is -2.22. The number of carbonyl (C=O) groups is 1. The maximum atomic E-state index is 12.7. The zero-order valence-corrected chi connectivity index (χ0v) is 20.5. The summed E-state index contributed by atoms with van der Waals surface area (Å²) in [7, 11) is 0.707. The maximum Gasteiger partial charge on any atom is 0.318 e. The van der Waals surface area contributed by atoms with Gasteiger partial charge in [-0.25, -0.2) is 12.7 Å². The monoisotopic (exact) mass is 474 g/mol. The molecular weight excluding hydrogens is 448 g/mol. The molecule has 32 heavy (non-hydrogen) atoms. The summed E-state index contributed by atoms with van der Waals surface area (Å²) < 4.78 is 33.2. The largest absolute Gasteiger partial charge is 0.468 e. The van der Waals surface area contributed by atoms with Crippen LogP contribution in [0.5, 0.6) is 0 Å². The van der Waals surface area contributed by atoms with Gasteiger partial charge in [-0.2, -0.15) is 0 Å². The molecule has 0 fully saturated rings. The number of carbonyl (C=O) groups excluding carboxylic acids is 1. The standard InChI is InChI=1S/C22H26N4O4S2/c1-14-9-7-10-15(2)19(14)26-20(23-24-22(26)31-16(3)21(27)30-6)17-11-8-12-18(13-17)32(28,29)25(4)5/h7-13,16H,1-6H3/t16-/m1/s1. The van der Waals surface area contributed by atoms with Crippen LogP contribution < -0.4 is 0 Å². The molecular formula is C22H26N4O4S2. The predicted octanol–water partition coefficient (Wildman–Crippen LogP) is 3.46. The van der Waals surface area contributed by atoms with Crippen molar-refractivity contribution >= 4 is 27.8 Å². The Labute approximate surface area is 192 Å². The van der Waals surface area contributed by atoms with Crippen LogP contribution in [0.4, 0.5) is 0 Å². The molecule has 0 saturated carbocycles. The van der Waals surface area contributed by atoms with E-state index in [1.54, 1.807) is 31.2 Å². The number of benzene rings is 2. The first kappa shape index (κ1) is 24.0. The second-order valence-corrected chi connectivity index (χ2v) is 10.9. The van der Waals surface area contributed by atoms with Crippen molar-refractivity contribution in [3.63, 3.8) is 0 Å². The Balaban J connectivity index is 2.23. The van der Waals surface area contributed by atoms with Gasteiger partial charge in [-0.3, -0.25) is 9.36 Å². The van der Waals surface area contributed by atoms with Gasteiger partial charge in [-0.15, -0.1) is 10.2 Å². The Morgan fingerprint density at radius 1 is 1.09 bits per heavy atom. The number of nitrogens with zero attached hydrogens (tertiary/aromatic N) is 4. The molecule has 0 N–H and O–H groups in total. The van der Waals surface area contributed by atoms with Gasteiger partial charge < -0.3 is 4.74 Å². The van der Waals surface area contributed by atoms with Crippen LogP contribution >= 0.6 is 11.8 Å². The van der Waals surface area contributed by atoms with Gasteiger partial charge >= 0.3 is 5.97 Å². The van der Waals surface area contributed by atoms with Crippen LogP contribution in [0, 0.1) is 13.8 Å². The van der Waals surface area contributed by atoms with E-state index in [4.69, 9.17) is 4.74 Å². The molecule has 0 saturated heterocycles. The Morgan fingerprint density at radius 2 is 1.72 bits per heavy atom. The number of aryl methyl sites for hydroxylation is 2. The number of esters is 1. The third kappa shape index (κ3) is 4.57. The number of ether oxygens (including phenoxy) is 1. The summed E-state index contributed by atoms with van der Waals surface area (Å²) in [6.07, 6.45) is 0. The molecule has 0 aliphatic heterocycles. The first-order valence-corrected chi connectivity index (χ1v) is 12.2. The predicted molar refractivity (Wildman–Crippen MR) is 124 cm³/mol. The number of rotatable bonds is 7. The van der Waals surface area contributed by atoms with Gasteiger partial charge in [0.05, 0.1) is 17.7 Å². The van der Waals surface area contributed by atoms with Crippen molar-refractivity contribution in [1.82, 2.24) is 19.1 Å². The van der Waals surface area contributed by atoms with Gasteiger partial charge in [0.15, 0.2) is 11.0 Å². The van der Waals surface area contributed by atoms with E-state index in [-0.39, 0.29) is 10.9 Å². The quantitative estimate of drug-likeness (QED) is 0.382. The minimum absolute atomic E-state index is 0.160. The molecule has 0 bridgehead atoms. The number of hydrogen-bond donors (Lipinski definition) is 0. The van der Waals surface area contributed by atoms with Gasteiger partial charge in [0, 0.05) is 19.7 Å². The lowest BCUT2D eigenvalue weighted by atomic mass is 10.1. The number of para-hydroxylation sites is 1. The molecule has 0 unspecified atom stereocenters. The molecule has 1 heterocycles. The van der Waals surface area contributed by atoms with Crippen molar-refractivity contribution in [3.8, 4) is 17.1 Å². The first-order chi connectivity index (χ1) is 15.1. The van der Waals surface area contributed by atoms with Crippen LogP contribution in [0.25, 0.3) is 17.1 Å². The molecule has 1 atom stereocenters. The summed E-state index contributed by atoms with van der Waals surface area (Å²) in [4.78, 5) is 12.2. The highest BCUT2D eigenvalue weighted by molar-refractivity contribution is 8.00. The lowest BCUT2D eigenvalue weighted by Gasteiger charge is -2.17. The fourth-order valence-electron chi connectivity index (χ4n) is 3.27. The van der Waals surface area contributed by atoms with E-state index < -0.39 is 15.3 Å². The number of aromatic nitrogens is 3. The van der Waals surface area contributed by atoms with Gasteiger partial charge in [-0.05, 0) is 44.0 Å². The summed E-state index contributed by atoms with van der Waals surface area (Å²) >= 11 is 1.23. The molecule has 3 aromatic rings. The molecule has 2 aromatic carbocycles. The zero-order valence-electron chi connectivity index (χ0n) is 18.9. The van der Waals surface area contributed by atoms with Crippen molar-refractivity contribution in [3.05, 3.63) is 53.6 Å². The second kappa shape index (κ2) is 9.43. The number of sulfonamides is 1. The van der Waals surface area contributed by atoms with E-state index in [9.17, 15) is 13.2 Å². The average molecular weight is 475 g/mol. The highest BCUT2D eigenvalue weighted by Gasteiger charge is 2.25. The number of thioether (sulfide) groups is 1. The minimum atomic E-state index is -3.62. The van der Waals surface area contributed by atoms with E-state index in [0.29, 0.717) is 16.5 Å². The summed E-state index contributed by atoms with van der Waals surface area (Å²) in [5, 5.41) is 8.74. The number of methoxy groups -OCH3 is 1. The molecule has 10 heteroatoms. The van der Waals surface area contributed by atoms with Gasteiger partial charge in [-0.1, -0.05) is 42.1 Å².